The number of para-hydroxylation sites is 1. The Morgan fingerprint density at radius 3 is 2.95 bits per heavy atom. The van der Waals surface area contributed by atoms with Crippen LogP contribution in [0.5, 0.6) is 0 Å². The van der Waals surface area contributed by atoms with Crippen LogP contribution in [0.15, 0.2) is 34.1 Å². The average molecular weight is 303 g/mol. The van der Waals surface area contributed by atoms with Crippen LogP contribution in [0, 0.1) is 6.92 Å². The summed E-state index contributed by atoms with van der Waals surface area (Å²) in [6.45, 7) is 3.85. The fourth-order valence-corrected chi connectivity index (χ4v) is 3.90. The molecule has 2 aromatic heterocycles. The summed E-state index contributed by atoms with van der Waals surface area (Å²) in [5, 5.41) is 8.58. The van der Waals surface area contributed by atoms with Gasteiger partial charge in [0.15, 0.2) is 10.1 Å². The lowest BCUT2D eigenvalue weighted by atomic mass is 10.1. The predicted molar refractivity (Wildman–Crippen MR) is 82.6 cm³/mol. The number of aryl methyl sites for hydroxylation is 1. The van der Waals surface area contributed by atoms with E-state index in [1.807, 2.05) is 38.1 Å². The minimum Gasteiger partial charge on any atom is -0.358 e. The third-order valence-electron chi connectivity index (χ3n) is 3.13. The van der Waals surface area contributed by atoms with Gasteiger partial charge in [0, 0.05) is 22.2 Å². The van der Waals surface area contributed by atoms with E-state index in [0.29, 0.717) is 0 Å². The SMILES string of the molecule is Cc1[nH]c2ccccc2c1C(=O)C(C)Sc1nncs1. The van der Waals surface area contributed by atoms with Crippen LogP contribution in [-0.2, 0) is 0 Å². The standard InChI is InChI=1S/C14H13N3OS2/c1-8-12(10-5-3-4-6-11(10)16-8)13(18)9(2)20-14-17-15-7-19-14/h3-7,9,16H,1-2H3. The van der Waals surface area contributed by atoms with Gasteiger partial charge in [-0.3, -0.25) is 4.79 Å². The van der Waals surface area contributed by atoms with Crippen molar-refractivity contribution in [3.63, 3.8) is 0 Å². The molecule has 102 valence electrons. The van der Waals surface area contributed by atoms with E-state index < -0.39 is 0 Å². The van der Waals surface area contributed by atoms with Gasteiger partial charge in [0.25, 0.3) is 0 Å². The number of H-pyrrole nitrogens is 1. The molecule has 0 spiro atoms. The Labute approximate surface area is 124 Å². The Bertz CT molecular complexity index is 749. The number of hydrogen-bond acceptors (Lipinski definition) is 5. The topological polar surface area (TPSA) is 58.6 Å². The molecule has 0 bridgehead atoms. The maximum atomic E-state index is 12.7. The first kappa shape index (κ1) is 13.3. The van der Waals surface area contributed by atoms with Gasteiger partial charge >= 0.3 is 0 Å². The Morgan fingerprint density at radius 2 is 2.20 bits per heavy atom. The summed E-state index contributed by atoms with van der Waals surface area (Å²) in [5.74, 6) is 0.125. The van der Waals surface area contributed by atoms with Crippen LogP contribution >= 0.6 is 23.1 Å². The van der Waals surface area contributed by atoms with E-state index in [0.717, 1.165) is 26.5 Å². The first-order valence-corrected chi connectivity index (χ1v) is 7.97. The zero-order chi connectivity index (χ0) is 14.1. The number of aromatic nitrogens is 3. The summed E-state index contributed by atoms with van der Waals surface area (Å²) in [4.78, 5) is 15.9. The molecule has 1 aromatic carbocycles. The lowest BCUT2D eigenvalue weighted by molar-refractivity contribution is 0.0995. The number of rotatable bonds is 4. The number of carbonyl (C=O) groups is 1. The number of fused-ring (bicyclic) bond motifs is 1. The number of benzene rings is 1. The maximum Gasteiger partial charge on any atom is 0.178 e. The normalized spacial score (nSPS) is 12.7. The van der Waals surface area contributed by atoms with Gasteiger partial charge in [0.2, 0.25) is 0 Å². The molecule has 0 aliphatic heterocycles. The molecule has 0 aliphatic rings. The Morgan fingerprint density at radius 1 is 1.40 bits per heavy atom. The van der Waals surface area contributed by atoms with Crippen LogP contribution in [0.2, 0.25) is 0 Å². The molecule has 0 radical (unpaired) electrons. The number of Topliss-reactive ketones (excluding diaryl/α,β-unsaturated/α-hetero) is 1. The molecule has 4 nitrogen and oxygen atoms in total. The zero-order valence-corrected chi connectivity index (χ0v) is 12.7. The van der Waals surface area contributed by atoms with Crippen molar-refractivity contribution in [2.75, 3.05) is 0 Å². The first-order valence-electron chi connectivity index (χ1n) is 6.21. The quantitative estimate of drug-likeness (QED) is 0.590. The molecular formula is C14H13N3OS2. The molecule has 3 rings (SSSR count). The van der Waals surface area contributed by atoms with Crippen LogP contribution in [0.25, 0.3) is 10.9 Å². The van der Waals surface area contributed by atoms with Gasteiger partial charge in [-0.1, -0.05) is 41.3 Å². The van der Waals surface area contributed by atoms with Crippen molar-refractivity contribution in [3.05, 3.63) is 41.0 Å². The third-order valence-corrected chi connectivity index (χ3v) is 5.04. The van der Waals surface area contributed by atoms with Gasteiger partial charge in [0.05, 0.1) is 5.25 Å². The number of aromatic amines is 1. The number of carbonyl (C=O) groups excluding carboxylic acids is 1. The second-order valence-electron chi connectivity index (χ2n) is 4.50. The number of thioether (sulfide) groups is 1. The highest BCUT2D eigenvalue weighted by atomic mass is 32.2. The Kier molecular flexibility index (Phi) is 3.58. The summed E-state index contributed by atoms with van der Waals surface area (Å²) < 4.78 is 0.823. The number of nitrogens with zero attached hydrogens (tertiary/aromatic N) is 2. The van der Waals surface area contributed by atoms with Crippen molar-refractivity contribution in [3.8, 4) is 0 Å². The number of ketones is 1. The van der Waals surface area contributed by atoms with Gasteiger partial charge < -0.3 is 4.98 Å². The van der Waals surface area contributed by atoms with E-state index in [2.05, 4.69) is 15.2 Å². The molecule has 1 N–H and O–H groups in total. The first-order chi connectivity index (χ1) is 9.66. The highest BCUT2D eigenvalue weighted by molar-refractivity contribution is 8.02. The molecule has 6 heteroatoms. The summed E-state index contributed by atoms with van der Waals surface area (Å²) >= 11 is 2.91. The molecule has 0 saturated heterocycles. The zero-order valence-electron chi connectivity index (χ0n) is 11.1. The van der Waals surface area contributed by atoms with Crippen LogP contribution in [0.4, 0.5) is 0 Å². The molecule has 1 atom stereocenters. The molecule has 0 fully saturated rings. The molecule has 1 unspecified atom stereocenters. The summed E-state index contributed by atoms with van der Waals surface area (Å²) in [6, 6.07) is 7.89. The lowest BCUT2D eigenvalue weighted by Crippen LogP contribution is -2.14. The van der Waals surface area contributed by atoms with E-state index in [1.165, 1.54) is 23.1 Å². The fourth-order valence-electron chi connectivity index (χ4n) is 2.22. The highest BCUT2D eigenvalue weighted by Crippen LogP contribution is 2.30. The molecule has 3 aromatic rings. The van der Waals surface area contributed by atoms with Crippen molar-refractivity contribution in [1.29, 1.82) is 0 Å². The Balaban J connectivity index is 1.94. The highest BCUT2D eigenvalue weighted by Gasteiger charge is 2.22. The fraction of sp³-hybridized carbons (Fsp3) is 0.214. The van der Waals surface area contributed by atoms with Crippen LogP contribution < -0.4 is 0 Å². The van der Waals surface area contributed by atoms with Gasteiger partial charge in [-0.05, 0) is 19.9 Å². The molecule has 2 heterocycles. The molecule has 0 saturated carbocycles. The average Bonchev–Trinajstić information content (AvgIpc) is 3.04. The van der Waals surface area contributed by atoms with E-state index in [1.54, 1.807) is 5.51 Å². The lowest BCUT2D eigenvalue weighted by Gasteiger charge is -2.08. The van der Waals surface area contributed by atoms with Crippen molar-refractivity contribution >= 4 is 39.8 Å². The number of nitrogens with one attached hydrogen (secondary N) is 1. The van der Waals surface area contributed by atoms with Gasteiger partial charge in [-0.25, -0.2) is 0 Å². The van der Waals surface area contributed by atoms with Gasteiger partial charge in [0.1, 0.15) is 5.51 Å². The van der Waals surface area contributed by atoms with Crippen molar-refractivity contribution in [2.45, 2.75) is 23.4 Å². The predicted octanol–water partition coefficient (Wildman–Crippen LogP) is 3.69. The summed E-state index contributed by atoms with van der Waals surface area (Å²) in [5.41, 5.74) is 4.38. The largest absolute Gasteiger partial charge is 0.358 e. The minimum absolute atomic E-state index is 0.125. The van der Waals surface area contributed by atoms with Crippen molar-refractivity contribution in [1.82, 2.24) is 15.2 Å². The third kappa shape index (κ3) is 2.36. The second kappa shape index (κ2) is 5.38. The van der Waals surface area contributed by atoms with Crippen molar-refractivity contribution < 1.29 is 4.79 Å². The minimum atomic E-state index is -0.180. The Hall–Kier alpha value is -1.66. The van der Waals surface area contributed by atoms with Crippen LogP contribution in [-0.4, -0.2) is 26.2 Å². The summed E-state index contributed by atoms with van der Waals surface area (Å²) in [6.07, 6.45) is 0. The van der Waals surface area contributed by atoms with E-state index in [-0.39, 0.29) is 11.0 Å². The molecular weight excluding hydrogens is 290 g/mol. The maximum absolute atomic E-state index is 12.7. The van der Waals surface area contributed by atoms with E-state index in [4.69, 9.17) is 0 Å². The van der Waals surface area contributed by atoms with Crippen molar-refractivity contribution in [2.24, 2.45) is 0 Å². The van der Waals surface area contributed by atoms with Gasteiger partial charge in [-0.15, -0.1) is 10.2 Å². The van der Waals surface area contributed by atoms with E-state index >= 15 is 0 Å². The number of hydrogen-bond donors (Lipinski definition) is 1. The second-order valence-corrected chi connectivity index (χ2v) is 6.92. The molecule has 0 aliphatic carbocycles. The molecule has 20 heavy (non-hydrogen) atoms. The van der Waals surface area contributed by atoms with Crippen LogP contribution in [0.1, 0.15) is 23.0 Å². The molecule has 0 amide bonds. The smallest absolute Gasteiger partial charge is 0.178 e. The monoisotopic (exact) mass is 303 g/mol. The van der Waals surface area contributed by atoms with Crippen LogP contribution in [0.3, 0.4) is 0 Å². The van der Waals surface area contributed by atoms with Gasteiger partial charge in [-0.2, -0.15) is 0 Å². The summed E-state index contributed by atoms with van der Waals surface area (Å²) in [7, 11) is 0. The van der Waals surface area contributed by atoms with E-state index in [9.17, 15) is 4.79 Å².